The molecule has 12 nitrogen and oxygen atoms in total. The molecule has 0 bridgehead atoms. The number of hydrazone groups is 1. The van der Waals surface area contributed by atoms with Crippen LogP contribution in [0.5, 0.6) is 17.2 Å². The number of carbonyl (C=O) groups excluding carboxylic acids is 3. The lowest BCUT2D eigenvalue weighted by atomic mass is 10.2. The van der Waals surface area contributed by atoms with Crippen LogP contribution in [0, 0.1) is 10.1 Å². The summed E-state index contributed by atoms with van der Waals surface area (Å²) in [5, 5.41) is 17.0. The minimum absolute atomic E-state index is 0.0989. The molecular formula is C25H22N4O8. The number of amides is 2. The second-order valence-electron chi connectivity index (χ2n) is 7.21. The van der Waals surface area contributed by atoms with Crippen molar-refractivity contribution < 1.29 is 33.5 Å². The second-order valence-corrected chi connectivity index (χ2v) is 7.21. The maximum Gasteiger partial charge on any atom is 0.343 e. The Kier molecular flexibility index (Phi) is 8.86. The Labute approximate surface area is 211 Å². The molecule has 37 heavy (non-hydrogen) atoms. The van der Waals surface area contributed by atoms with Crippen molar-refractivity contribution in [3.8, 4) is 17.2 Å². The van der Waals surface area contributed by atoms with Crippen LogP contribution in [0.15, 0.2) is 71.8 Å². The first kappa shape index (κ1) is 26.3. The lowest BCUT2D eigenvalue weighted by molar-refractivity contribution is -0.384. The number of nitrogens with one attached hydrogen (secondary N) is 2. The summed E-state index contributed by atoms with van der Waals surface area (Å²) >= 11 is 0. The van der Waals surface area contributed by atoms with Crippen LogP contribution in [0.25, 0.3) is 0 Å². The van der Waals surface area contributed by atoms with Gasteiger partial charge >= 0.3 is 17.8 Å². The topological polar surface area (TPSA) is 158 Å². The van der Waals surface area contributed by atoms with Crippen LogP contribution in [0.1, 0.15) is 22.8 Å². The number of carbonyl (C=O) groups is 3. The van der Waals surface area contributed by atoms with Gasteiger partial charge in [0.15, 0.2) is 11.5 Å². The molecule has 0 aliphatic heterocycles. The van der Waals surface area contributed by atoms with Crippen LogP contribution < -0.4 is 25.0 Å². The van der Waals surface area contributed by atoms with Gasteiger partial charge in [0.25, 0.3) is 5.69 Å². The molecule has 0 spiro atoms. The summed E-state index contributed by atoms with van der Waals surface area (Å²) < 4.78 is 15.9. The predicted octanol–water partition coefficient (Wildman–Crippen LogP) is 3.31. The van der Waals surface area contributed by atoms with Gasteiger partial charge in [-0.1, -0.05) is 0 Å². The molecule has 3 aromatic carbocycles. The fourth-order valence-electron chi connectivity index (χ4n) is 2.93. The van der Waals surface area contributed by atoms with E-state index in [0.717, 1.165) is 0 Å². The van der Waals surface area contributed by atoms with Crippen LogP contribution in [0.3, 0.4) is 0 Å². The monoisotopic (exact) mass is 506 g/mol. The van der Waals surface area contributed by atoms with Crippen molar-refractivity contribution in [2.45, 2.75) is 6.92 Å². The third kappa shape index (κ3) is 7.36. The zero-order valence-electron chi connectivity index (χ0n) is 19.8. The van der Waals surface area contributed by atoms with E-state index in [-0.39, 0.29) is 22.7 Å². The van der Waals surface area contributed by atoms with Crippen LogP contribution >= 0.6 is 0 Å². The van der Waals surface area contributed by atoms with Gasteiger partial charge in [0.05, 0.1) is 30.4 Å². The molecule has 0 heterocycles. The summed E-state index contributed by atoms with van der Waals surface area (Å²) in [7, 11) is 1.37. The number of esters is 1. The largest absolute Gasteiger partial charge is 0.494 e. The standard InChI is InChI=1S/C25H22N4O8/c1-3-36-20-11-7-18(8-12-20)27-23(30)24(31)28-26-15-16-4-13-21(22(14-16)35-2)37-25(32)17-5-9-19(10-6-17)29(33)34/h4-15H,3H2,1-2H3,(H,27,30)(H,28,31). The molecule has 0 aliphatic carbocycles. The summed E-state index contributed by atoms with van der Waals surface area (Å²) in [5.74, 6) is -1.70. The highest BCUT2D eigenvalue weighted by molar-refractivity contribution is 6.39. The van der Waals surface area contributed by atoms with Gasteiger partial charge in [-0.05, 0) is 67.1 Å². The van der Waals surface area contributed by atoms with Gasteiger partial charge in [0.2, 0.25) is 0 Å². The number of non-ortho nitro benzene ring substituents is 1. The lowest BCUT2D eigenvalue weighted by Crippen LogP contribution is -2.32. The molecular weight excluding hydrogens is 484 g/mol. The van der Waals surface area contributed by atoms with Crippen LogP contribution in [0.2, 0.25) is 0 Å². The smallest absolute Gasteiger partial charge is 0.343 e. The summed E-state index contributed by atoms with van der Waals surface area (Å²) in [5.41, 5.74) is 2.97. The first-order valence-corrected chi connectivity index (χ1v) is 10.8. The van der Waals surface area contributed by atoms with Crippen molar-refractivity contribution in [2.75, 3.05) is 19.0 Å². The highest BCUT2D eigenvalue weighted by Gasteiger charge is 2.15. The molecule has 2 amide bonds. The predicted molar refractivity (Wildman–Crippen MR) is 133 cm³/mol. The highest BCUT2D eigenvalue weighted by atomic mass is 16.6. The molecule has 3 aromatic rings. The third-order valence-electron chi connectivity index (χ3n) is 4.71. The molecule has 0 saturated carbocycles. The number of nitro groups is 1. The molecule has 0 fully saturated rings. The minimum atomic E-state index is -0.981. The summed E-state index contributed by atoms with van der Waals surface area (Å²) in [6, 6.07) is 16.0. The van der Waals surface area contributed by atoms with Gasteiger partial charge in [-0.2, -0.15) is 5.10 Å². The van der Waals surface area contributed by atoms with E-state index in [2.05, 4.69) is 15.8 Å². The van der Waals surface area contributed by atoms with E-state index in [9.17, 15) is 24.5 Å². The van der Waals surface area contributed by atoms with Crippen LogP contribution in [0.4, 0.5) is 11.4 Å². The number of benzene rings is 3. The van der Waals surface area contributed by atoms with E-state index in [0.29, 0.717) is 23.6 Å². The Morgan fingerprint density at radius 3 is 2.30 bits per heavy atom. The number of nitro benzene ring substituents is 1. The van der Waals surface area contributed by atoms with Gasteiger partial charge < -0.3 is 19.5 Å². The number of methoxy groups -OCH3 is 1. The maximum absolute atomic E-state index is 12.4. The molecule has 0 radical (unpaired) electrons. The van der Waals surface area contributed by atoms with E-state index in [1.807, 2.05) is 6.92 Å². The first-order chi connectivity index (χ1) is 17.8. The van der Waals surface area contributed by atoms with Crippen molar-refractivity contribution >= 4 is 35.4 Å². The Balaban J connectivity index is 1.57. The zero-order valence-corrected chi connectivity index (χ0v) is 19.8. The maximum atomic E-state index is 12.4. The lowest BCUT2D eigenvalue weighted by Gasteiger charge is -2.10. The van der Waals surface area contributed by atoms with Crippen LogP contribution in [-0.2, 0) is 9.59 Å². The Bertz CT molecular complexity index is 1320. The van der Waals surface area contributed by atoms with Gasteiger partial charge in [-0.3, -0.25) is 19.7 Å². The average Bonchev–Trinajstić information content (AvgIpc) is 2.90. The molecule has 0 unspecified atom stereocenters. The Morgan fingerprint density at radius 1 is 0.973 bits per heavy atom. The third-order valence-corrected chi connectivity index (χ3v) is 4.71. The van der Waals surface area contributed by atoms with E-state index in [4.69, 9.17) is 14.2 Å². The number of hydrogen-bond donors (Lipinski definition) is 2. The quantitative estimate of drug-likeness (QED) is 0.112. The fraction of sp³-hybridized carbons (Fsp3) is 0.120. The SMILES string of the molecule is CCOc1ccc(NC(=O)C(=O)NN=Cc2ccc(OC(=O)c3ccc([N+](=O)[O-])cc3)c(OC)c2)cc1. The van der Waals surface area contributed by atoms with E-state index in [1.54, 1.807) is 24.3 Å². The Morgan fingerprint density at radius 2 is 1.68 bits per heavy atom. The van der Waals surface area contributed by atoms with E-state index >= 15 is 0 Å². The number of ether oxygens (including phenoxy) is 3. The van der Waals surface area contributed by atoms with Gasteiger partial charge in [0.1, 0.15) is 5.75 Å². The molecule has 0 aliphatic rings. The number of nitrogens with zero attached hydrogens (tertiary/aromatic N) is 2. The number of hydrogen-bond acceptors (Lipinski definition) is 9. The van der Waals surface area contributed by atoms with Gasteiger partial charge in [-0.15, -0.1) is 0 Å². The summed E-state index contributed by atoms with van der Waals surface area (Å²) in [6.07, 6.45) is 1.27. The van der Waals surface area contributed by atoms with Crippen LogP contribution in [-0.4, -0.2) is 42.6 Å². The minimum Gasteiger partial charge on any atom is -0.494 e. The van der Waals surface area contributed by atoms with Gasteiger partial charge in [0, 0.05) is 17.8 Å². The fourth-order valence-corrected chi connectivity index (χ4v) is 2.93. The van der Waals surface area contributed by atoms with Gasteiger partial charge in [-0.25, -0.2) is 10.2 Å². The van der Waals surface area contributed by atoms with Crippen molar-refractivity contribution in [2.24, 2.45) is 5.10 Å². The number of rotatable bonds is 9. The van der Waals surface area contributed by atoms with E-state index < -0.39 is 22.7 Å². The molecule has 190 valence electrons. The molecule has 2 N–H and O–H groups in total. The van der Waals surface area contributed by atoms with E-state index in [1.165, 1.54) is 55.8 Å². The average molecular weight is 506 g/mol. The second kappa shape index (κ2) is 12.4. The molecule has 0 atom stereocenters. The normalized spacial score (nSPS) is 10.4. The van der Waals surface area contributed by atoms with Crippen molar-refractivity contribution in [3.63, 3.8) is 0 Å². The molecule has 0 aromatic heterocycles. The molecule has 0 saturated heterocycles. The highest BCUT2D eigenvalue weighted by Crippen LogP contribution is 2.28. The molecule has 3 rings (SSSR count). The summed E-state index contributed by atoms with van der Waals surface area (Å²) in [4.78, 5) is 46.6. The zero-order chi connectivity index (χ0) is 26.8. The van der Waals surface area contributed by atoms with Crippen molar-refractivity contribution in [1.82, 2.24) is 5.43 Å². The number of anilines is 1. The first-order valence-electron chi connectivity index (χ1n) is 10.8. The van der Waals surface area contributed by atoms with Crippen molar-refractivity contribution in [1.29, 1.82) is 0 Å². The summed E-state index contributed by atoms with van der Waals surface area (Å²) in [6.45, 7) is 2.36. The molecule has 12 heteroatoms. The van der Waals surface area contributed by atoms with Crippen molar-refractivity contribution in [3.05, 3.63) is 88.0 Å². The Hall–Kier alpha value is -5.26.